The summed E-state index contributed by atoms with van der Waals surface area (Å²) in [5, 5.41) is 6.82. The molecule has 1 atom stereocenters. The lowest BCUT2D eigenvalue weighted by Crippen LogP contribution is -2.46. The van der Waals surface area contributed by atoms with Gasteiger partial charge in [0.25, 0.3) is 0 Å². The van der Waals surface area contributed by atoms with Gasteiger partial charge in [0.15, 0.2) is 0 Å². The molecule has 4 nitrogen and oxygen atoms in total. The van der Waals surface area contributed by atoms with Crippen molar-refractivity contribution in [2.24, 2.45) is 0 Å². The number of benzene rings is 2. The van der Waals surface area contributed by atoms with Gasteiger partial charge < -0.3 is 10.6 Å². The molecule has 0 fully saturated rings. The Kier molecular flexibility index (Phi) is 3.35. The van der Waals surface area contributed by atoms with Gasteiger partial charge in [0.2, 0.25) is 0 Å². The number of hydrogen-bond donors (Lipinski definition) is 2. The molecule has 2 aromatic carbocycles. The second kappa shape index (κ2) is 5.52. The SMILES string of the molecule is CC1NC(=O)NC(c2ccccc2)=C1c1nc2ccccc2s1. The van der Waals surface area contributed by atoms with Crippen LogP contribution in [0.25, 0.3) is 21.5 Å². The summed E-state index contributed by atoms with van der Waals surface area (Å²) in [5.41, 5.74) is 3.83. The van der Waals surface area contributed by atoms with Gasteiger partial charge in [-0.2, -0.15) is 0 Å². The van der Waals surface area contributed by atoms with Crippen LogP contribution in [0, 0.1) is 0 Å². The molecule has 5 heteroatoms. The number of urea groups is 1. The van der Waals surface area contributed by atoms with Crippen molar-refractivity contribution >= 4 is 38.9 Å². The average Bonchev–Trinajstić information content (AvgIpc) is 2.98. The van der Waals surface area contributed by atoms with Crippen molar-refractivity contribution in [1.29, 1.82) is 0 Å². The van der Waals surface area contributed by atoms with Crippen molar-refractivity contribution in [3.63, 3.8) is 0 Å². The molecule has 0 bridgehead atoms. The van der Waals surface area contributed by atoms with Crippen molar-refractivity contribution in [2.75, 3.05) is 0 Å². The summed E-state index contributed by atoms with van der Waals surface area (Å²) in [6.45, 7) is 1.99. The molecule has 0 saturated heterocycles. The van der Waals surface area contributed by atoms with Crippen LogP contribution in [0.3, 0.4) is 0 Å². The highest BCUT2D eigenvalue weighted by atomic mass is 32.1. The van der Waals surface area contributed by atoms with Crippen LogP contribution in [-0.2, 0) is 0 Å². The molecule has 2 amide bonds. The smallest absolute Gasteiger partial charge is 0.319 e. The first-order valence-corrected chi connectivity index (χ1v) is 8.27. The molecular weight excluding hydrogens is 306 g/mol. The molecule has 0 saturated carbocycles. The van der Waals surface area contributed by atoms with Crippen LogP contribution in [-0.4, -0.2) is 17.1 Å². The molecule has 0 radical (unpaired) electrons. The maximum atomic E-state index is 11.9. The van der Waals surface area contributed by atoms with E-state index in [1.54, 1.807) is 11.3 Å². The summed E-state index contributed by atoms with van der Waals surface area (Å²) in [4.78, 5) is 16.7. The number of rotatable bonds is 2. The maximum absolute atomic E-state index is 11.9. The molecule has 2 heterocycles. The Bertz CT molecular complexity index is 881. The third-order valence-electron chi connectivity index (χ3n) is 3.88. The number of nitrogens with zero attached hydrogens (tertiary/aromatic N) is 1. The summed E-state index contributed by atoms with van der Waals surface area (Å²) >= 11 is 1.65. The first kappa shape index (κ1) is 14.0. The molecule has 0 spiro atoms. The lowest BCUT2D eigenvalue weighted by atomic mass is 9.99. The molecule has 1 aliphatic heterocycles. The van der Waals surface area contributed by atoms with Crippen molar-refractivity contribution < 1.29 is 4.79 Å². The summed E-state index contributed by atoms with van der Waals surface area (Å²) in [7, 11) is 0. The third kappa shape index (κ3) is 2.49. The Morgan fingerprint density at radius 2 is 1.78 bits per heavy atom. The van der Waals surface area contributed by atoms with E-state index in [1.807, 2.05) is 55.5 Å². The molecular formula is C18H15N3OS. The highest BCUT2D eigenvalue weighted by Gasteiger charge is 2.27. The minimum atomic E-state index is -0.179. The van der Waals surface area contributed by atoms with Crippen molar-refractivity contribution in [3.8, 4) is 0 Å². The van der Waals surface area contributed by atoms with Gasteiger partial charge in [-0.3, -0.25) is 0 Å². The lowest BCUT2D eigenvalue weighted by molar-refractivity contribution is 0.242. The Balaban J connectivity index is 1.94. The molecule has 3 aromatic rings. The first-order chi connectivity index (χ1) is 11.2. The van der Waals surface area contributed by atoms with Crippen LogP contribution in [0.2, 0.25) is 0 Å². The van der Waals surface area contributed by atoms with Crippen LogP contribution in [0.5, 0.6) is 0 Å². The Labute approximate surface area is 137 Å². The summed E-state index contributed by atoms with van der Waals surface area (Å²) in [6.07, 6.45) is 0. The first-order valence-electron chi connectivity index (χ1n) is 7.45. The molecule has 1 aromatic heterocycles. The molecule has 1 unspecified atom stereocenters. The number of nitrogens with one attached hydrogen (secondary N) is 2. The van der Waals surface area contributed by atoms with Gasteiger partial charge in [-0.25, -0.2) is 9.78 Å². The zero-order valence-electron chi connectivity index (χ0n) is 12.5. The van der Waals surface area contributed by atoms with E-state index in [2.05, 4.69) is 16.7 Å². The second-order valence-corrected chi connectivity index (χ2v) is 6.49. The van der Waals surface area contributed by atoms with Crippen molar-refractivity contribution in [1.82, 2.24) is 15.6 Å². The van der Waals surface area contributed by atoms with Gasteiger partial charge in [0, 0.05) is 5.57 Å². The van der Waals surface area contributed by atoms with Crippen LogP contribution < -0.4 is 10.6 Å². The highest BCUT2D eigenvalue weighted by Crippen LogP contribution is 2.34. The summed E-state index contributed by atoms with van der Waals surface area (Å²) < 4.78 is 1.14. The standard InChI is InChI=1S/C18H15N3OS/c1-11-15(17-20-13-9-5-6-10-14(13)23-17)16(21-18(22)19-11)12-7-3-2-4-8-12/h2-11H,1H3,(H2,19,21,22). The van der Waals surface area contributed by atoms with E-state index in [0.29, 0.717) is 0 Å². The van der Waals surface area contributed by atoms with E-state index in [0.717, 1.165) is 32.1 Å². The largest absolute Gasteiger partial charge is 0.331 e. The van der Waals surface area contributed by atoms with Crippen LogP contribution in [0.1, 0.15) is 17.5 Å². The van der Waals surface area contributed by atoms with Crippen LogP contribution in [0.4, 0.5) is 4.79 Å². The zero-order valence-corrected chi connectivity index (χ0v) is 13.4. The number of aromatic nitrogens is 1. The van der Waals surface area contributed by atoms with E-state index >= 15 is 0 Å². The molecule has 4 rings (SSSR count). The lowest BCUT2D eigenvalue weighted by Gasteiger charge is -2.27. The van der Waals surface area contributed by atoms with Gasteiger partial charge in [-0.15, -0.1) is 11.3 Å². The molecule has 0 aliphatic carbocycles. The number of thiazole rings is 1. The summed E-state index contributed by atoms with van der Waals surface area (Å²) in [5.74, 6) is 0. The zero-order chi connectivity index (χ0) is 15.8. The minimum absolute atomic E-state index is 0.0977. The molecule has 23 heavy (non-hydrogen) atoms. The monoisotopic (exact) mass is 321 g/mol. The number of fused-ring (bicyclic) bond motifs is 1. The van der Waals surface area contributed by atoms with Gasteiger partial charge >= 0.3 is 6.03 Å². The average molecular weight is 321 g/mol. The van der Waals surface area contributed by atoms with Crippen molar-refractivity contribution in [2.45, 2.75) is 13.0 Å². The second-order valence-electron chi connectivity index (χ2n) is 5.46. The number of carbonyl (C=O) groups excluding carboxylic acids is 1. The number of carbonyl (C=O) groups is 1. The maximum Gasteiger partial charge on any atom is 0.319 e. The van der Waals surface area contributed by atoms with E-state index in [1.165, 1.54) is 0 Å². The van der Waals surface area contributed by atoms with E-state index < -0.39 is 0 Å². The van der Waals surface area contributed by atoms with E-state index in [4.69, 9.17) is 4.98 Å². The third-order valence-corrected chi connectivity index (χ3v) is 4.94. The number of para-hydroxylation sites is 1. The number of amides is 2. The van der Waals surface area contributed by atoms with Gasteiger partial charge in [0.1, 0.15) is 5.01 Å². The normalized spacial score (nSPS) is 18.0. The quantitative estimate of drug-likeness (QED) is 0.753. The van der Waals surface area contributed by atoms with Crippen LogP contribution in [0.15, 0.2) is 54.6 Å². The fraction of sp³-hybridized carbons (Fsp3) is 0.111. The Morgan fingerprint density at radius 3 is 2.57 bits per heavy atom. The predicted molar refractivity (Wildman–Crippen MR) is 94.0 cm³/mol. The molecule has 2 N–H and O–H groups in total. The Hall–Kier alpha value is -2.66. The fourth-order valence-corrected chi connectivity index (χ4v) is 3.92. The molecule has 1 aliphatic rings. The topological polar surface area (TPSA) is 54.0 Å². The van der Waals surface area contributed by atoms with Gasteiger partial charge in [-0.1, -0.05) is 42.5 Å². The predicted octanol–water partition coefficient (Wildman–Crippen LogP) is 3.87. The van der Waals surface area contributed by atoms with Crippen LogP contribution >= 0.6 is 11.3 Å². The van der Waals surface area contributed by atoms with Gasteiger partial charge in [-0.05, 0) is 24.6 Å². The molecule has 114 valence electrons. The fourth-order valence-electron chi connectivity index (χ4n) is 2.81. The van der Waals surface area contributed by atoms with Gasteiger partial charge in [0.05, 0.1) is 22.0 Å². The highest BCUT2D eigenvalue weighted by molar-refractivity contribution is 7.19. The van der Waals surface area contributed by atoms with E-state index in [-0.39, 0.29) is 12.1 Å². The summed E-state index contributed by atoms with van der Waals surface area (Å²) in [6, 6.07) is 17.7. The van der Waals surface area contributed by atoms with Crippen molar-refractivity contribution in [3.05, 3.63) is 65.2 Å². The minimum Gasteiger partial charge on any atom is -0.331 e. The van der Waals surface area contributed by atoms with E-state index in [9.17, 15) is 4.79 Å². The number of hydrogen-bond acceptors (Lipinski definition) is 3. The Morgan fingerprint density at radius 1 is 1.04 bits per heavy atom.